The first-order valence-electron chi connectivity index (χ1n) is 9.05. The zero-order chi connectivity index (χ0) is 20.4. The van der Waals surface area contributed by atoms with Gasteiger partial charge in [0.15, 0.2) is 11.5 Å². The molecule has 0 aliphatic heterocycles. The van der Waals surface area contributed by atoms with Gasteiger partial charge in [0.2, 0.25) is 4.96 Å². The van der Waals surface area contributed by atoms with Gasteiger partial charge in [0.25, 0.3) is 0 Å². The lowest BCUT2D eigenvalue weighted by molar-refractivity contribution is -0.991. The second kappa shape index (κ2) is 8.44. The van der Waals surface area contributed by atoms with Gasteiger partial charge in [-0.2, -0.15) is 14.8 Å². The van der Waals surface area contributed by atoms with E-state index in [1.54, 1.807) is 16.6 Å². The molecule has 0 fully saturated rings. The van der Waals surface area contributed by atoms with Gasteiger partial charge in [-0.25, -0.2) is 5.21 Å². The Morgan fingerprint density at radius 3 is 2.66 bits per heavy atom. The molecule has 0 amide bonds. The fraction of sp³-hybridized carbons (Fsp3) is 0.211. The van der Waals surface area contributed by atoms with Crippen molar-refractivity contribution in [2.75, 3.05) is 6.61 Å². The standard InChI is InChI=1S/C19H18ClN5O3S/c1-2-3-10-28-14-7-4-12(5-8-14)17-21-22-19-24(17)23-18(29-19)13-6-9-15(20)16(11-13)25(26)27/h4-9,11,25-26H,2-3,10H2,1H3. The molecular formula is C19H18ClN5O3S. The molecule has 0 bridgehead atoms. The number of nitrogens with one attached hydrogen (secondary N) is 1. The fourth-order valence-corrected chi connectivity index (χ4v) is 3.80. The van der Waals surface area contributed by atoms with Crippen LogP contribution in [0.5, 0.6) is 5.75 Å². The third-order valence-corrected chi connectivity index (χ3v) is 5.59. The van der Waals surface area contributed by atoms with Crippen LogP contribution in [0.15, 0.2) is 42.5 Å². The second-order valence-electron chi connectivity index (χ2n) is 6.35. The van der Waals surface area contributed by atoms with E-state index in [1.807, 2.05) is 24.3 Å². The molecule has 0 aliphatic rings. The SMILES string of the molecule is CCCCOc1ccc(-c2nnc3sc(-c4ccc(Cl)c([NH+]([O-])O)c4)nn23)cc1. The molecule has 10 heteroatoms. The molecule has 0 saturated carbocycles. The first-order valence-corrected chi connectivity index (χ1v) is 10.2. The first-order chi connectivity index (χ1) is 14.1. The molecule has 150 valence electrons. The van der Waals surface area contributed by atoms with Crippen molar-refractivity contribution in [3.8, 4) is 27.7 Å². The van der Waals surface area contributed by atoms with Crippen LogP contribution in [0, 0.1) is 5.21 Å². The van der Waals surface area contributed by atoms with Gasteiger partial charge >= 0.3 is 0 Å². The van der Waals surface area contributed by atoms with Crippen molar-refractivity contribution in [2.45, 2.75) is 19.8 Å². The van der Waals surface area contributed by atoms with Crippen molar-refractivity contribution in [1.29, 1.82) is 0 Å². The quantitative estimate of drug-likeness (QED) is 0.341. The Labute approximate surface area is 175 Å². The van der Waals surface area contributed by atoms with Crippen molar-refractivity contribution in [3.05, 3.63) is 52.7 Å². The number of unbranched alkanes of at least 4 members (excludes halogenated alkanes) is 1. The lowest BCUT2D eigenvalue weighted by Gasteiger charge is -2.13. The molecule has 2 aromatic carbocycles. The second-order valence-corrected chi connectivity index (χ2v) is 7.71. The van der Waals surface area contributed by atoms with Crippen molar-refractivity contribution < 1.29 is 15.2 Å². The third-order valence-electron chi connectivity index (χ3n) is 4.31. The van der Waals surface area contributed by atoms with Crippen LogP contribution >= 0.6 is 22.9 Å². The maximum Gasteiger partial charge on any atom is 0.235 e. The van der Waals surface area contributed by atoms with E-state index in [-0.39, 0.29) is 10.7 Å². The molecule has 4 aromatic rings. The van der Waals surface area contributed by atoms with Gasteiger partial charge in [-0.3, -0.25) is 0 Å². The number of quaternary nitrogens is 1. The summed E-state index contributed by atoms with van der Waals surface area (Å²) in [6.07, 6.45) is 2.10. The smallest absolute Gasteiger partial charge is 0.235 e. The highest BCUT2D eigenvalue weighted by atomic mass is 35.5. The third kappa shape index (κ3) is 4.09. The average Bonchev–Trinajstić information content (AvgIpc) is 3.30. The number of benzene rings is 2. The lowest BCUT2D eigenvalue weighted by atomic mass is 10.2. The Balaban J connectivity index is 1.64. The molecule has 2 heterocycles. The zero-order valence-corrected chi connectivity index (χ0v) is 17.1. The van der Waals surface area contributed by atoms with E-state index in [1.165, 1.54) is 17.4 Å². The average molecular weight is 432 g/mol. The topological polar surface area (TPSA) is 100 Å². The van der Waals surface area contributed by atoms with E-state index in [9.17, 15) is 10.4 Å². The predicted molar refractivity (Wildman–Crippen MR) is 111 cm³/mol. The van der Waals surface area contributed by atoms with Crippen LogP contribution in [0.1, 0.15) is 19.8 Å². The van der Waals surface area contributed by atoms with Gasteiger partial charge in [-0.15, -0.1) is 10.2 Å². The molecule has 2 aromatic heterocycles. The molecule has 0 radical (unpaired) electrons. The number of rotatable bonds is 7. The zero-order valence-electron chi connectivity index (χ0n) is 15.5. The van der Waals surface area contributed by atoms with Crippen molar-refractivity contribution in [1.82, 2.24) is 19.8 Å². The Hall–Kier alpha value is -2.56. The van der Waals surface area contributed by atoms with Gasteiger partial charge < -0.3 is 9.94 Å². The lowest BCUT2D eigenvalue weighted by Crippen LogP contribution is -2.99. The number of hydrogen-bond donors (Lipinski definition) is 2. The summed E-state index contributed by atoms with van der Waals surface area (Å²) in [6.45, 7) is 2.82. The maximum absolute atomic E-state index is 11.3. The van der Waals surface area contributed by atoms with Crippen molar-refractivity contribution in [3.63, 3.8) is 0 Å². The molecular weight excluding hydrogens is 414 g/mol. The summed E-state index contributed by atoms with van der Waals surface area (Å²) in [7, 11) is 0. The molecule has 0 spiro atoms. The van der Waals surface area contributed by atoms with Gasteiger partial charge in [-0.1, -0.05) is 36.3 Å². The number of aromatic nitrogens is 4. The van der Waals surface area contributed by atoms with Crippen LogP contribution < -0.4 is 9.96 Å². The number of fused-ring (bicyclic) bond motifs is 1. The Morgan fingerprint density at radius 2 is 1.93 bits per heavy atom. The number of nitrogens with zero attached hydrogens (tertiary/aromatic N) is 4. The highest BCUT2D eigenvalue weighted by molar-refractivity contribution is 7.19. The Kier molecular flexibility index (Phi) is 5.74. The minimum atomic E-state index is -1.08. The van der Waals surface area contributed by atoms with Crippen LogP contribution in [-0.2, 0) is 0 Å². The molecule has 1 unspecified atom stereocenters. The van der Waals surface area contributed by atoms with Gasteiger partial charge in [0.05, 0.1) is 6.61 Å². The van der Waals surface area contributed by atoms with Crippen LogP contribution in [0.25, 0.3) is 26.9 Å². The van der Waals surface area contributed by atoms with Crippen molar-refractivity contribution >= 4 is 33.6 Å². The summed E-state index contributed by atoms with van der Waals surface area (Å²) in [5.74, 6) is 1.42. The molecule has 0 aliphatic carbocycles. The van der Waals surface area contributed by atoms with Gasteiger partial charge in [-0.05, 0) is 42.8 Å². The molecule has 0 saturated heterocycles. The molecule has 8 nitrogen and oxygen atoms in total. The van der Waals surface area contributed by atoms with Crippen molar-refractivity contribution in [2.24, 2.45) is 0 Å². The minimum Gasteiger partial charge on any atom is -0.595 e. The van der Waals surface area contributed by atoms with E-state index in [4.69, 9.17) is 16.3 Å². The summed E-state index contributed by atoms with van der Waals surface area (Å²) >= 11 is 7.28. The van der Waals surface area contributed by atoms with Gasteiger partial charge in [0, 0.05) is 17.2 Å². The Bertz CT molecular complexity index is 1130. The fourth-order valence-electron chi connectivity index (χ4n) is 2.77. The first kappa shape index (κ1) is 19.7. The molecule has 4 rings (SSSR count). The van der Waals surface area contributed by atoms with E-state index < -0.39 is 5.23 Å². The summed E-state index contributed by atoms with van der Waals surface area (Å²) in [6, 6.07) is 12.4. The summed E-state index contributed by atoms with van der Waals surface area (Å²) in [4.78, 5) is 0.616. The van der Waals surface area contributed by atoms with Crippen LogP contribution in [-0.4, -0.2) is 31.6 Å². The van der Waals surface area contributed by atoms with E-state index >= 15 is 0 Å². The molecule has 1 atom stereocenters. The number of ether oxygens (including phenoxy) is 1. The number of hydrogen-bond acceptors (Lipinski definition) is 7. The highest BCUT2D eigenvalue weighted by Gasteiger charge is 2.17. The minimum absolute atomic E-state index is 0.0361. The number of halogens is 1. The summed E-state index contributed by atoms with van der Waals surface area (Å²) in [5.41, 5.74) is 1.56. The van der Waals surface area contributed by atoms with E-state index in [0.717, 1.165) is 24.2 Å². The maximum atomic E-state index is 11.3. The summed E-state index contributed by atoms with van der Waals surface area (Å²) in [5, 5.41) is 33.4. The van der Waals surface area contributed by atoms with Crippen LogP contribution in [0.3, 0.4) is 0 Å². The normalized spacial score (nSPS) is 12.4. The van der Waals surface area contributed by atoms with Crippen LogP contribution in [0.2, 0.25) is 5.02 Å². The highest BCUT2D eigenvalue weighted by Crippen LogP contribution is 2.31. The largest absolute Gasteiger partial charge is 0.595 e. The monoisotopic (exact) mass is 431 g/mol. The van der Waals surface area contributed by atoms with Gasteiger partial charge in [0.1, 0.15) is 15.8 Å². The predicted octanol–water partition coefficient (Wildman–Crippen LogP) is 3.76. The molecule has 29 heavy (non-hydrogen) atoms. The van der Waals surface area contributed by atoms with E-state index in [0.29, 0.717) is 28.0 Å². The van der Waals surface area contributed by atoms with Crippen LogP contribution in [0.4, 0.5) is 5.69 Å². The van der Waals surface area contributed by atoms with E-state index in [2.05, 4.69) is 22.2 Å². The summed E-state index contributed by atoms with van der Waals surface area (Å²) < 4.78 is 7.35. The Morgan fingerprint density at radius 1 is 1.17 bits per heavy atom. The molecule has 2 N–H and O–H groups in total.